The normalized spacial score (nSPS) is 15.8. The molecule has 0 fully saturated rings. The molecule has 2 nitrogen and oxygen atoms in total. The van der Waals surface area contributed by atoms with Crippen molar-refractivity contribution in [3.05, 3.63) is 208 Å². The van der Waals surface area contributed by atoms with E-state index in [2.05, 4.69) is 278 Å². The highest BCUT2D eigenvalue weighted by molar-refractivity contribution is 6.10. The predicted octanol–water partition coefficient (Wildman–Crippen LogP) is 20.8. The summed E-state index contributed by atoms with van der Waals surface area (Å²) in [5.74, 6) is 0. The van der Waals surface area contributed by atoms with Crippen molar-refractivity contribution in [2.45, 2.75) is 156 Å². The van der Waals surface area contributed by atoms with E-state index in [1.807, 2.05) is 0 Å². The summed E-state index contributed by atoms with van der Waals surface area (Å²) in [4.78, 5) is 5.03. The first-order valence-corrected chi connectivity index (χ1v) is 27.4. The number of hydrogen-bond donors (Lipinski definition) is 0. The minimum atomic E-state index is -0.207. The molecule has 0 heterocycles. The number of anilines is 6. The van der Waals surface area contributed by atoms with E-state index in [1.54, 1.807) is 5.57 Å². The summed E-state index contributed by atoms with van der Waals surface area (Å²) >= 11 is 0. The van der Waals surface area contributed by atoms with Crippen LogP contribution in [0.1, 0.15) is 168 Å². The standard InChI is InChI=1S/C72H78N2/c1-67(2,3)45-25-29-47(30-26-45)73(51-33-37-55-53-21-17-19-23-61(53)71(13,14)63(55)43-51)49-35-39-57-59(41-49)66(70(10,11)12)60-42-50(36-40-58(60)65(57)69(7,8)9)74(48-31-27-46(28-32-48)68(4,5)6)52-34-38-56-54-22-18-20-24-62(54)72(15,16)64(56)44-52/h17-19,21-23,25-44H,20,24H2,1-16H3. The average molecular weight is 971 g/mol. The van der Waals surface area contributed by atoms with Gasteiger partial charge in [-0.3, -0.25) is 0 Å². The third-order valence-electron chi connectivity index (χ3n) is 17.1. The molecule has 2 heteroatoms. The fraction of sp³-hybridized carbons (Fsp3) is 0.333. The van der Waals surface area contributed by atoms with Crippen LogP contribution in [0.4, 0.5) is 34.1 Å². The van der Waals surface area contributed by atoms with Crippen LogP contribution in [-0.2, 0) is 32.5 Å². The molecule has 0 spiro atoms. The van der Waals surface area contributed by atoms with Crippen LogP contribution in [0.2, 0.25) is 0 Å². The molecule has 0 atom stereocenters. The molecule has 8 aromatic carbocycles. The van der Waals surface area contributed by atoms with Crippen molar-refractivity contribution in [3.8, 4) is 11.1 Å². The highest BCUT2D eigenvalue weighted by Gasteiger charge is 2.39. The first kappa shape index (κ1) is 49.6. The lowest BCUT2D eigenvalue weighted by molar-refractivity contribution is 0.590. The number of allylic oxidation sites excluding steroid dienone is 4. The molecule has 0 aliphatic heterocycles. The smallest absolute Gasteiger partial charge is 0.0468 e. The van der Waals surface area contributed by atoms with E-state index in [0.29, 0.717) is 0 Å². The lowest BCUT2D eigenvalue weighted by atomic mass is 9.74. The van der Waals surface area contributed by atoms with E-state index in [0.717, 1.165) is 35.6 Å². The fourth-order valence-electron chi connectivity index (χ4n) is 13.2. The highest BCUT2D eigenvalue weighted by atomic mass is 15.1. The first-order chi connectivity index (χ1) is 34.7. The van der Waals surface area contributed by atoms with Crippen molar-refractivity contribution >= 4 is 61.2 Å². The molecule has 0 bridgehead atoms. The van der Waals surface area contributed by atoms with Gasteiger partial charge >= 0.3 is 0 Å². The van der Waals surface area contributed by atoms with Gasteiger partial charge < -0.3 is 9.80 Å². The monoisotopic (exact) mass is 971 g/mol. The van der Waals surface area contributed by atoms with Crippen LogP contribution in [-0.4, -0.2) is 0 Å². The molecule has 11 rings (SSSR count). The van der Waals surface area contributed by atoms with Gasteiger partial charge in [0.1, 0.15) is 0 Å². The van der Waals surface area contributed by atoms with E-state index in [-0.39, 0.29) is 32.5 Å². The molecule has 0 saturated heterocycles. The molecular formula is C72H78N2. The van der Waals surface area contributed by atoms with E-state index >= 15 is 0 Å². The Morgan fingerprint density at radius 2 is 0.770 bits per heavy atom. The Balaban J connectivity index is 1.15. The van der Waals surface area contributed by atoms with Crippen molar-refractivity contribution in [1.29, 1.82) is 0 Å². The van der Waals surface area contributed by atoms with Crippen molar-refractivity contribution < 1.29 is 0 Å². The third kappa shape index (κ3) is 8.05. The molecule has 0 saturated carbocycles. The quantitative estimate of drug-likeness (QED) is 0.153. The Morgan fingerprint density at radius 1 is 0.365 bits per heavy atom. The molecule has 74 heavy (non-hydrogen) atoms. The van der Waals surface area contributed by atoms with Crippen LogP contribution in [0.3, 0.4) is 0 Å². The maximum Gasteiger partial charge on any atom is 0.0468 e. The topological polar surface area (TPSA) is 6.48 Å². The summed E-state index contributed by atoms with van der Waals surface area (Å²) in [5, 5.41) is 5.26. The summed E-state index contributed by atoms with van der Waals surface area (Å²) in [5.41, 5.74) is 23.2. The van der Waals surface area contributed by atoms with Crippen molar-refractivity contribution in [3.63, 3.8) is 0 Å². The van der Waals surface area contributed by atoms with Gasteiger partial charge in [0.05, 0.1) is 0 Å². The summed E-state index contributed by atoms with van der Waals surface area (Å²) in [6.45, 7) is 37.9. The van der Waals surface area contributed by atoms with Gasteiger partial charge in [-0.1, -0.05) is 201 Å². The SMILES string of the molecule is CC(C)(C)c1ccc(N(c2ccc3c(c2)C(C)(C)C2=C3C=CCC2)c2ccc3c(C(C)(C)C)c4ccc(N(c5ccc(C(C)(C)C)cc5)c5ccc6c(c5)C(C)(C)c5ccccc5-6)cc4c(C(C)(C)C)c3c2)cc1. The molecular weight excluding hydrogens is 893 g/mol. The molecule has 376 valence electrons. The summed E-state index contributed by atoms with van der Waals surface area (Å²) < 4.78 is 0. The molecule has 3 aliphatic carbocycles. The fourth-order valence-corrected chi connectivity index (χ4v) is 13.2. The van der Waals surface area contributed by atoms with Gasteiger partial charge in [0.25, 0.3) is 0 Å². The number of benzene rings is 8. The predicted molar refractivity (Wildman–Crippen MR) is 322 cm³/mol. The number of nitrogens with zero attached hydrogens (tertiary/aromatic N) is 2. The van der Waals surface area contributed by atoms with Crippen LogP contribution >= 0.6 is 0 Å². The first-order valence-electron chi connectivity index (χ1n) is 27.4. The second-order valence-electron chi connectivity index (χ2n) is 27.1. The third-order valence-corrected chi connectivity index (χ3v) is 17.1. The Hall–Kier alpha value is -6.64. The van der Waals surface area contributed by atoms with Crippen LogP contribution in [0, 0.1) is 0 Å². The maximum atomic E-state index is 2.53. The second-order valence-corrected chi connectivity index (χ2v) is 27.1. The Bertz CT molecular complexity index is 3620. The zero-order valence-corrected chi connectivity index (χ0v) is 47.3. The van der Waals surface area contributed by atoms with E-state index in [4.69, 9.17) is 0 Å². The molecule has 8 aromatic rings. The average Bonchev–Trinajstić information content (AvgIpc) is 3.71. The maximum absolute atomic E-state index is 2.53. The van der Waals surface area contributed by atoms with Crippen LogP contribution < -0.4 is 9.80 Å². The molecule has 0 amide bonds. The van der Waals surface area contributed by atoms with Crippen molar-refractivity contribution in [1.82, 2.24) is 0 Å². The summed E-state index contributed by atoms with van der Waals surface area (Å²) in [6, 6.07) is 56.8. The molecule has 0 aromatic heterocycles. The zero-order chi connectivity index (χ0) is 52.7. The van der Waals surface area contributed by atoms with Gasteiger partial charge in [-0.2, -0.15) is 0 Å². The van der Waals surface area contributed by atoms with E-state index in [9.17, 15) is 0 Å². The van der Waals surface area contributed by atoms with Crippen molar-refractivity contribution in [2.24, 2.45) is 0 Å². The number of hydrogen-bond acceptors (Lipinski definition) is 2. The minimum absolute atomic E-state index is 0.0391. The zero-order valence-electron chi connectivity index (χ0n) is 47.3. The van der Waals surface area contributed by atoms with Crippen molar-refractivity contribution in [2.75, 3.05) is 9.80 Å². The highest BCUT2D eigenvalue weighted by Crippen LogP contribution is 2.54. The van der Waals surface area contributed by atoms with Crippen LogP contribution in [0.15, 0.2) is 163 Å². The molecule has 3 aliphatic rings. The Morgan fingerprint density at radius 3 is 1.26 bits per heavy atom. The van der Waals surface area contributed by atoms with Gasteiger partial charge in [0.15, 0.2) is 0 Å². The lowest BCUT2D eigenvalue weighted by Gasteiger charge is -2.33. The Labute approximate surface area is 443 Å². The van der Waals surface area contributed by atoms with Crippen LogP contribution in [0.25, 0.3) is 38.2 Å². The lowest BCUT2D eigenvalue weighted by Crippen LogP contribution is -2.20. The minimum Gasteiger partial charge on any atom is -0.310 e. The van der Waals surface area contributed by atoms with Crippen LogP contribution in [0.5, 0.6) is 0 Å². The van der Waals surface area contributed by atoms with Gasteiger partial charge in [0.2, 0.25) is 0 Å². The summed E-state index contributed by atoms with van der Waals surface area (Å²) in [7, 11) is 0. The van der Waals surface area contributed by atoms with E-state index in [1.165, 1.54) is 94.1 Å². The van der Waals surface area contributed by atoms with Gasteiger partial charge in [-0.15, -0.1) is 0 Å². The summed E-state index contributed by atoms with van der Waals surface area (Å²) in [6.07, 6.45) is 6.96. The Kier molecular flexibility index (Phi) is 11.3. The van der Waals surface area contributed by atoms with Gasteiger partial charge in [0, 0.05) is 45.0 Å². The molecule has 0 radical (unpaired) electrons. The van der Waals surface area contributed by atoms with Gasteiger partial charge in [-0.25, -0.2) is 0 Å². The largest absolute Gasteiger partial charge is 0.310 e. The number of fused-ring (bicyclic) bond motifs is 7. The number of rotatable bonds is 6. The molecule has 0 unspecified atom stereocenters. The van der Waals surface area contributed by atoms with E-state index < -0.39 is 0 Å². The second kappa shape index (κ2) is 16.9. The van der Waals surface area contributed by atoms with Gasteiger partial charge in [-0.05, 0) is 190 Å². The molecule has 0 N–H and O–H groups in total.